The van der Waals surface area contributed by atoms with E-state index in [1.165, 1.54) is 11.1 Å². The molecule has 1 aromatic carbocycles. The van der Waals surface area contributed by atoms with Crippen molar-refractivity contribution in [3.05, 3.63) is 58.9 Å². The molecule has 5 atom stereocenters. The number of aromatic nitrogens is 1. The van der Waals surface area contributed by atoms with Crippen molar-refractivity contribution in [3.8, 4) is 0 Å². The van der Waals surface area contributed by atoms with Crippen molar-refractivity contribution in [2.24, 2.45) is 28.3 Å². The molecule has 3 unspecified atom stereocenters. The number of hydrogen-bond acceptors (Lipinski definition) is 6. The minimum Gasteiger partial charge on any atom is -0.792 e. The van der Waals surface area contributed by atoms with E-state index in [1.807, 2.05) is 18.3 Å². The van der Waals surface area contributed by atoms with Gasteiger partial charge in [-0.3, -0.25) is 4.79 Å². The van der Waals surface area contributed by atoms with Crippen molar-refractivity contribution in [3.63, 3.8) is 0 Å². The van der Waals surface area contributed by atoms with Gasteiger partial charge in [0.15, 0.2) is 0 Å². The number of hydrogen-bond donors (Lipinski definition) is 1. The fourth-order valence-corrected chi connectivity index (χ4v) is 8.00. The molecule has 3 aliphatic carbocycles. The van der Waals surface area contributed by atoms with Gasteiger partial charge in [0, 0.05) is 30.6 Å². The third-order valence-corrected chi connectivity index (χ3v) is 9.76. The summed E-state index contributed by atoms with van der Waals surface area (Å²) in [5.41, 5.74) is 4.76. The van der Waals surface area contributed by atoms with Crippen molar-refractivity contribution in [1.29, 1.82) is 0 Å². The fraction of sp³-hybridized carbons (Fsp3) is 0.567. The van der Waals surface area contributed by atoms with Crippen LogP contribution in [0, 0.1) is 28.4 Å². The number of carbonyl (C=O) groups is 1. The van der Waals surface area contributed by atoms with E-state index in [4.69, 9.17) is 4.74 Å². The molecule has 1 aliphatic heterocycles. The molecule has 3 fully saturated rings. The average Bonchev–Trinajstić information content (AvgIpc) is 3.24. The van der Waals surface area contributed by atoms with Crippen molar-refractivity contribution >= 4 is 23.1 Å². The van der Waals surface area contributed by atoms with Gasteiger partial charge in [-0.1, -0.05) is 31.2 Å². The van der Waals surface area contributed by atoms with Crippen LogP contribution >= 0.6 is 0 Å². The number of ether oxygens (including phenoxy) is 1. The molecule has 0 spiro atoms. The van der Waals surface area contributed by atoms with Crippen LogP contribution in [-0.4, -0.2) is 42.9 Å². The summed E-state index contributed by atoms with van der Waals surface area (Å²) >= 11 is 0. The lowest BCUT2D eigenvalue weighted by atomic mass is 9.54. The van der Waals surface area contributed by atoms with E-state index < -0.39 is 0 Å². The van der Waals surface area contributed by atoms with Crippen molar-refractivity contribution < 1.29 is 9.53 Å². The second kappa shape index (κ2) is 10.1. The molecule has 196 valence electrons. The molecule has 7 heteroatoms. The van der Waals surface area contributed by atoms with Crippen LogP contribution < -0.4 is 10.2 Å². The summed E-state index contributed by atoms with van der Waals surface area (Å²) in [6.07, 6.45) is 8.16. The van der Waals surface area contributed by atoms with E-state index in [9.17, 15) is 10.0 Å². The van der Waals surface area contributed by atoms with E-state index in [-0.39, 0.29) is 11.3 Å². The van der Waals surface area contributed by atoms with Gasteiger partial charge in [0.05, 0.1) is 25.1 Å². The molecule has 2 saturated carbocycles. The average molecular weight is 502 g/mol. The van der Waals surface area contributed by atoms with Gasteiger partial charge >= 0.3 is 0 Å². The molecule has 6 rings (SSSR count). The lowest BCUT2D eigenvalue weighted by Gasteiger charge is -2.50. The molecule has 7 nitrogen and oxygen atoms in total. The topological polar surface area (TPSA) is 89.9 Å². The van der Waals surface area contributed by atoms with Crippen LogP contribution in [0.3, 0.4) is 0 Å². The van der Waals surface area contributed by atoms with Gasteiger partial charge in [-0.05, 0) is 85.5 Å². The quantitative estimate of drug-likeness (QED) is 0.557. The van der Waals surface area contributed by atoms with Crippen molar-refractivity contribution in [2.75, 3.05) is 36.5 Å². The van der Waals surface area contributed by atoms with Gasteiger partial charge in [0.1, 0.15) is 5.82 Å². The number of benzene rings is 1. The number of anilines is 2. The zero-order valence-electron chi connectivity index (χ0n) is 21.7. The highest BCUT2D eigenvalue weighted by Crippen LogP contribution is 2.62. The SMILES string of the molecule is C[C@]12CCC3c4ccccc4CCC3C1[C@H](CCC(=O)Nc1ccc(N3CCOCC3)cn1)C/C2=N\[O-]. The standard InChI is InChI=1S/C30H38N4O3/c1-30-13-12-24-23-5-3-2-4-20(23)6-9-25(24)29(30)21(18-26(30)33-36)7-11-28(35)32-27-10-8-22(19-31-27)34-14-16-37-17-15-34/h2-5,8,10,19,21,24-25,29,36H,6-7,9,11-18H2,1H3,(H,31,32,35)/p-1/b33-26+/t21-,24?,25?,29?,30-/m1/s1. The lowest BCUT2D eigenvalue weighted by Crippen LogP contribution is -2.44. The molecule has 4 aliphatic rings. The first kappa shape index (κ1) is 24.4. The van der Waals surface area contributed by atoms with Crippen LogP contribution in [0.1, 0.15) is 62.5 Å². The lowest BCUT2D eigenvalue weighted by molar-refractivity contribution is -0.116. The third kappa shape index (κ3) is 4.52. The Morgan fingerprint density at radius 3 is 2.84 bits per heavy atom. The summed E-state index contributed by atoms with van der Waals surface area (Å²) < 4.78 is 5.42. The Morgan fingerprint density at radius 2 is 2.05 bits per heavy atom. The molecule has 1 N–H and O–H groups in total. The Morgan fingerprint density at radius 1 is 1.22 bits per heavy atom. The highest BCUT2D eigenvalue weighted by molar-refractivity contribution is 5.93. The Kier molecular flexibility index (Phi) is 6.65. The van der Waals surface area contributed by atoms with Gasteiger partial charge in [-0.2, -0.15) is 0 Å². The maximum Gasteiger partial charge on any atom is 0.225 e. The third-order valence-electron chi connectivity index (χ3n) is 9.76. The summed E-state index contributed by atoms with van der Waals surface area (Å²) in [5, 5.41) is 18.5. The van der Waals surface area contributed by atoms with Crippen LogP contribution in [0.5, 0.6) is 0 Å². The van der Waals surface area contributed by atoms with Crippen LogP contribution in [-0.2, 0) is 16.0 Å². The molecule has 37 heavy (non-hydrogen) atoms. The summed E-state index contributed by atoms with van der Waals surface area (Å²) in [7, 11) is 0. The Hall–Kier alpha value is -2.93. The Bertz CT molecular complexity index is 1160. The zero-order valence-corrected chi connectivity index (χ0v) is 21.7. The number of nitrogens with one attached hydrogen (secondary N) is 1. The molecular formula is C30H37N4O3-. The first-order chi connectivity index (χ1) is 18.1. The summed E-state index contributed by atoms with van der Waals surface area (Å²) in [6.45, 7) is 5.44. The number of nitrogens with zero attached hydrogens (tertiary/aromatic N) is 3. The molecular weight excluding hydrogens is 464 g/mol. The first-order valence-electron chi connectivity index (χ1n) is 13.9. The summed E-state index contributed by atoms with van der Waals surface area (Å²) in [4.78, 5) is 19.6. The molecule has 1 aromatic heterocycles. The van der Waals surface area contributed by atoms with Gasteiger partial charge < -0.3 is 25.3 Å². The van der Waals surface area contributed by atoms with Gasteiger partial charge in [-0.25, -0.2) is 4.98 Å². The number of amides is 1. The van der Waals surface area contributed by atoms with E-state index >= 15 is 0 Å². The van der Waals surface area contributed by atoms with Crippen molar-refractivity contribution in [1.82, 2.24) is 4.98 Å². The highest BCUT2D eigenvalue weighted by Gasteiger charge is 2.56. The summed E-state index contributed by atoms with van der Waals surface area (Å²) in [5.74, 6) is 2.41. The normalized spacial score (nSPS) is 31.9. The number of carbonyl (C=O) groups excluding carboxylic acids is 1. The van der Waals surface area contributed by atoms with E-state index in [0.717, 1.165) is 76.2 Å². The van der Waals surface area contributed by atoms with Crippen LogP contribution in [0.4, 0.5) is 11.5 Å². The Labute approximate surface area is 219 Å². The zero-order chi connectivity index (χ0) is 25.4. The predicted octanol–water partition coefficient (Wildman–Crippen LogP) is 5.36. The maximum atomic E-state index is 12.9. The van der Waals surface area contributed by atoms with E-state index in [0.29, 0.717) is 35.9 Å². The smallest absolute Gasteiger partial charge is 0.225 e. The predicted molar refractivity (Wildman–Crippen MR) is 146 cm³/mol. The molecule has 2 heterocycles. The number of aryl methyl sites for hydroxylation is 1. The van der Waals surface area contributed by atoms with E-state index in [2.05, 4.69) is 51.5 Å². The van der Waals surface area contributed by atoms with Gasteiger partial charge in [0.2, 0.25) is 5.91 Å². The maximum absolute atomic E-state index is 12.9. The van der Waals surface area contributed by atoms with Crippen molar-refractivity contribution in [2.45, 2.75) is 57.8 Å². The summed E-state index contributed by atoms with van der Waals surface area (Å²) in [6, 6.07) is 12.8. The molecule has 0 radical (unpaired) electrons. The minimum atomic E-state index is -0.132. The molecule has 1 amide bonds. The molecule has 2 aromatic rings. The van der Waals surface area contributed by atoms with Crippen LogP contribution in [0.15, 0.2) is 47.8 Å². The number of rotatable bonds is 5. The first-order valence-corrected chi connectivity index (χ1v) is 13.9. The monoisotopic (exact) mass is 501 g/mol. The largest absolute Gasteiger partial charge is 0.792 e. The number of fused-ring (bicyclic) bond motifs is 5. The minimum absolute atomic E-state index is 0.0119. The second-order valence-corrected chi connectivity index (χ2v) is 11.6. The molecule has 1 saturated heterocycles. The van der Waals surface area contributed by atoms with Crippen LogP contribution in [0.2, 0.25) is 0 Å². The Balaban J connectivity index is 1.12. The number of pyridine rings is 1. The molecule has 0 bridgehead atoms. The number of morpholine rings is 1. The second-order valence-electron chi connectivity index (χ2n) is 11.6. The van der Waals surface area contributed by atoms with Gasteiger partial charge in [-0.15, -0.1) is 0 Å². The highest BCUT2D eigenvalue weighted by atomic mass is 16.5. The van der Waals surface area contributed by atoms with E-state index in [1.54, 1.807) is 0 Å². The fourth-order valence-electron chi connectivity index (χ4n) is 8.00. The van der Waals surface area contributed by atoms with Crippen LogP contribution in [0.25, 0.3) is 0 Å². The van der Waals surface area contributed by atoms with Gasteiger partial charge in [0.25, 0.3) is 0 Å².